The molecule has 0 saturated carbocycles. The van der Waals surface area contributed by atoms with Crippen molar-refractivity contribution in [1.82, 2.24) is 5.32 Å². The lowest BCUT2D eigenvalue weighted by molar-refractivity contribution is 0.181. The highest BCUT2D eigenvalue weighted by Crippen LogP contribution is 2.48. The summed E-state index contributed by atoms with van der Waals surface area (Å²) in [5, 5.41) is 3.63. The van der Waals surface area contributed by atoms with E-state index in [1.165, 1.54) is 0 Å². The molecule has 3 N–H and O–H groups in total. The molecule has 146 valence electrons. The van der Waals surface area contributed by atoms with Crippen LogP contribution in [0.2, 0.25) is 5.02 Å². The van der Waals surface area contributed by atoms with E-state index in [0.717, 1.165) is 35.5 Å². The lowest BCUT2D eigenvalue weighted by atomic mass is 9.79. The summed E-state index contributed by atoms with van der Waals surface area (Å²) in [6, 6.07) is 13.5. The van der Waals surface area contributed by atoms with Crippen LogP contribution in [0.5, 0.6) is 11.5 Å². The number of nitrogens with one attached hydrogen (secondary N) is 1. The van der Waals surface area contributed by atoms with Crippen molar-refractivity contribution in [2.75, 3.05) is 13.3 Å². The van der Waals surface area contributed by atoms with Gasteiger partial charge in [0.05, 0.1) is 0 Å². The molecule has 2 aromatic carbocycles. The summed E-state index contributed by atoms with van der Waals surface area (Å²) in [6.07, 6.45) is 1.93. The molecule has 0 spiro atoms. The fourth-order valence-electron chi connectivity index (χ4n) is 3.60. The van der Waals surface area contributed by atoms with E-state index in [0.29, 0.717) is 11.6 Å². The van der Waals surface area contributed by atoms with Gasteiger partial charge in [-0.15, -0.1) is 0 Å². The molecular formula is C19H23ClNO5P. The van der Waals surface area contributed by atoms with Gasteiger partial charge in [-0.05, 0) is 42.2 Å². The van der Waals surface area contributed by atoms with Crippen LogP contribution >= 0.6 is 19.4 Å². The summed E-state index contributed by atoms with van der Waals surface area (Å²) in [5.41, 5.74) is 2.09. The van der Waals surface area contributed by atoms with E-state index < -0.39 is 7.82 Å². The molecule has 6 nitrogen and oxygen atoms in total. The van der Waals surface area contributed by atoms with E-state index in [1.54, 1.807) is 6.07 Å². The Hall–Kier alpha value is -1.40. The number of hydrogen-bond acceptors (Lipinski definition) is 4. The van der Waals surface area contributed by atoms with Crippen LogP contribution in [0.15, 0.2) is 42.5 Å². The normalized spacial score (nSPS) is 19.0. The zero-order valence-corrected chi connectivity index (χ0v) is 16.6. The van der Waals surface area contributed by atoms with Crippen molar-refractivity contribution in [2.45, 2.75) is 31.6 Å². The Balaban J connectivity index is 1.95. The van der Waals surface area contributed by atoms with Gasteiger partial charge in [-0.25, -0.2) is 4.57 Å². The number of phosphoric ester groups is 1. The van der Waals surface area contributed by atoms with Gasteiger partial charge in [0.15, 0.2) is 0 Å². The largest absolute Gasteiger partial charge is 0.470 e. The Morgan fingerprint density at radius 2 is 1.89 bits per heavy atom. The van der Waals surface area contributed by atoms with Crippen LogP contribution in [0, 0.1) is 0 Å². The smallest absolute Gasteiger partial charge is 0.457 e. The van der Waals surface area contributed by atoms with E-state index in [2.05, 4.69) is 22.8 Å². The maximum absolute atomic E-state index is 10.9. The van der Waals surface area contributed by atoms with Crippen molar-refractivity contribution in [3.05, 3.63) is 58.6 Å². The van der Waals surface area contributed by atoms with E-state index >= 15 is 0 Å². The first-order chi connectivity index (χ1) is 12.9. The van der Waals surface area contributed by atoms with Gasteiger partial charge in [0, 0.05) is 23.0 Å². The predicted octanol–water partition coefficient (Wildman–Crippen LogP) is 4.77. The van der Waals surface area contributed by atoms with Crippen molar-refractivity contribution in [1.29, 1.82) is 0 Å². The van der Waals surface area contributed by atoms with Crippen LogP contribution in [-0.2, 0) is 9.09 Å². The Labute approximate surface area is 163 Å². The first-order valence-corrected chi connectivity index (χ1v) is 10.8. The highest BCUT2D eigenvalue weighted by Gasteiger charge is 2.32. The Morgan fingerprint density at radius 3 is 2.63 bits per heavy atom. The van der Waals surface area contributed by atoms with Gasteiger partial charge in [-0.2, -0.15) is 0 Å². The first kappa shape index (κ1) is 20.3. The maximum Gasteiger partial charge on any atom is 0.470 e. The van der Waals surface area contributed by atoms with Crippen LogP contribution < -0.4 is 10.1 Å². The third-order valence-electron chi connectivity index (χ3n) is 4.69. The van der Waals surface area contributed by atoms with Gasteiger partial charge in [-0.1, -0.05) is 43.1 Å². The molecule has 1 heterocycles. The number of para-hydroxylation sites is 1. The molecule has 27 heavy (non-hydrogen) atoms. The number of ether oxygens (including phenoxy) is 1. The highest BCUT2D eigenvalue weighted by molar-refractivity contribution is 7.46. The summed E-state index contributed by atoms with van der Waals surface area (Å²) in [6.45, 7) is 2.36. The average Bonchev–Trinajstić information content (AvgIpc) is 2.73. The molecule has 1 aliphatic rings. The molecule has 0 amide bonds. The van der Waals surface area contributed by atoms with E-state index in [1.807, 2.05) is 30.3 Å². The van der Waals surface area contributed by atoms with Gasteiger partial charge in [0.1, 0.15) is 18.2 Å². The summed E-state index contributed by atoms with van der Waals surface area (Å²) in [5.74, 6) is 1.76. The van der Waals surface area contributed by atoms with Crippen molar-refractivity contribution in [2.24, 2.45) is 0 Å². The summed E-state index contributed by atoms with van der Waals surface area (Å²) in [4.78, 5) is 17.7. The van der Waals surface area contributed by atoms with Gasteiger partial charge < -0.3 is 14.5 Å². The molecule has 0 aliphatic carbocycles. The van der Waals surface area contributed by atoms with Crippen LogP contribution in [0.4, 0.5) is 0 Å². The third kappa shape index (κ3) is 5.11. The van der Waals surface area contributed by atoms with Crippen LogP contribution in [0.1, 0.15) is 42.7 Å². The fourth-order valence-corrected chi connectivity index (χ4v) is 4.04. The second kappa shape index (κ2) is 8.74. The first-order valence-electron chi connectivity index (χ1n) is 8.86. The molecule has 2 unspecified atom stereocenters. The minimum Gasteiger partial charge on any atom is -0.457 e. The molecule has 0 saturated heterocycles. The van der Waals surface area contributed by atoms with Crippen LogP contribution in [-0.4, -0.2) is 23.1 Å². The Bertz CT molecular complexity index is 841. The quantitative estimate of drug-likeness (QED) is 0.345. The molecule has 3 rings (SSSR count). The molecule has 0 aromatic heterocycles. The molecule has 8 heteroatoms. The molecule has 1 aliphatic heterocycles. The lowest BCUT2D eigenvalue weighted by Gasteiger charge is -2.27. The highest BCUT2D eigenvalue weighted by atomic mass is 35.5. The standard InChI is InChI=1S/C19H23ClNO5P/c1-2-5-14-15-6-3-4-7-18(15)26-19-9-8-13(20)10-16(19)17(14)11-21-12-25-27(22,23)24/h3-4,6-10,14,17,21H,2,5,11-12H2,1H3,(H2,22,23,24). The monoisotopic (exact) mass is 411 g/mol. The summed E-state index contributed by atoms with van der Waals surface area (Å²) < 4.78 is 21.6. The van der Waals surface area contributed by atoms with Gasteiger partial charge in [0.2, 0.25) is 0 Å². The molecular weight excluding hydrogens is 389 g/mol. The van der Waals surface area contributed by atoms with E-state index in [4.69, 9.17) is 26.1 Å². The molecule has 0 radical (unpaired) electrons. The van der Waals surface area contributed by atoms with Gasteiger partial charge >= 0.3 is 7.82 Å². The molecule has 2 atom stereocenters. The van der Waals surface area contributed by atoms with Crippen LogP contribution in [0.3, 0.4) is 0 Å². The van der Waals surface area contributed by atoms with Crippen LogP contribution in [0.25, 0.3) is 0 Å². The number of hydrogen-bond donors (Lipinski definition) is 3. The van der Waals surface area contributed by atoms with Crippen molar-refractivity contribution in [3.63, 3.8) is 0 Å². The number of halogens is 1. The Kier molecular flexibility index (Phi) is 6.58. The topological polar surface area (TPSA) is 88.0 Å². The summed E-state index contributed by atoms with van der Waals surface area (Å²) >= 11 is 6.25. The van der Waals surface area contributed by atoms with E-state index in [-0.39, 0.29) is 18.6 Å². The zero-order chi connectivity index (χ0) is 19.4. The van der Waals surface area contributed by atoms with E-state index in [9.17, 15) is 4.57 Å². The second-order valence-electron chi connectivity index (χ2n) is 6.54. The molecule has 0 fully saturated rings. The minimum atomic E-state index is -4.51. The lowest BCUT2D eigenvalue weighted by Crippen LogP contribution is -2.27. The number of phosphoric acid groups is 1. The Morgan fingerprint density at radius 1 is 1.15 bits per heavy atom. The zero-order valence-electron chi connectivity index (χ0n) is 15.0. The average molecular weight is 412 g/mol. The predicted molar refractivity (Wildman–Crippen MR) is 104 cm³/mol. The van der Waals surface area contributed by atoms with Gasteiger partial charge in [0.25, 0.3) is 0 Å². The number of rotatable bonds is 7. The third-order valence-corrected chi connectivity index (χ3v) is 5.39. The molecule has 2 aromatic rings. The SMILES string of the molecule is CCCC1c2ccccc2Oc2ccc(Cl)cc2C1CNCOP(=O)(O)O. The number of benzene rings is 2. The number of fused-ring (bicyclic) bond motifs is 2. The van der Waals surface area contributed by atoms with Gasteiger partial charge in [-0.3, -0.25) is 9.84 Å². The maximum atomic E-state index is 10.9. The summed E-state index contributed by atoms with van der Waals surface area (Å²) in [7, 11) is -4.51. The molecule has 0 bridgehead atoms. The second-order valence-corrected chi connectivity index (χ2v) is 8.22. The van der Waals surface area contributed by atoms with Crippen molar-refractivity contribution in [3.8, 4) is 11.5 Å². The fraction of sp³-hybridized carbons (Fsp3) is 0.368. The van der Waals surface area contributed by atoms with Crippen molar-refractivity contribution < 1.29 is 23.6 Å². The minimum absolute atomic E-state index is 0.0164. The van der Waals surface area contributed by atoms with Crippen molar-refractivity contribution >= 4 is 19.4 Å².